The van der Waals surface area contributed by atoms with Crippen molar-refractivity contribution in [3.05, 3.63) is 28.2 Å². The summed E-state index contributed by atoms with van der Waals surface area (Å²) in [7, 11) is 0. The first-order valence-electron chi connectivity index (χ1n) is 7.24. The van der Waals surface area contributed by atoms with Crippen molar-refractivity contribution in [3.8, 4) is 0 Å². The van der Waals surface area contributed by atoms with Crippen LogP contribution in [0.3, 0.4) is 0 Å². The highest BCUT2D eigenvalue weighted by Crippen LogP contribution is 2.25. The molecule has 0 aliphatic heterocycles. The van der Waals surface area contributed by atoms with Gasteiger partial charge in [0, 0.05) is 16.1 Å². The van der Waals surface area contributed by atoms with Crippen molar-refractivity contribution in [2.24, 2.45) is 5.92 Å². The molecule has 0 saturated heterocycles. The summed E-state index contributed by atoms with van der Waals surface area (Å²) >= 11 is 3.48. The van der Waals surface area contributed by atoms with Gasteiger partial charge in [-0.2, -0.15) is 0 Å². The molecule has 0 heterocycles. The number of carbonyl (C=O) groups is 1. The minimum absolute atomic E-state index is 0.198. The Morgan fingerprint density at radius 1 is 1.16 bits per heavy atom. The van der Waals surface area contributed by atoms with Crippen LogP contribution in [-0.4, -0.2) is 5.91 Å². The highest BCUT2D eigenvalue weighted by Gasteiger charge is 2.19. The molecule has 1 saturated carbocycles. The predicted octanol–water partition coefficient (Wildman–Crippen LogP) is 5.06. The van der Waals surface area contributed by atoms with Crippen LogP contribution in [0.5, 0.6) is 0 Å². The van der Waals surface area contributed by atoms with E-state index in [0.717, 1.165) is 28.6 Å². The van der Waals surface area contributed by atoms with Gasteiger partial charge in [0.15, 0.2) is 0 Å². The summed E-state index contributed by atoms with van der Waals surface area (Å²) in [6, 6.07) is 5.96. The van der Waals surface area contributed by atoms with E-state index >= 15 is 0 Å². The fraction of sp³-hybridized carbons (Fsp3) is 0.562. The van der Waals surface area contributed by atoms with Crippen molar-refractivity contribution >= 4 is 27.5 Å². The van der Waals surface area contributed by atoms with Crippen molar-refractivity contribution in [3.63, 3.8) is 0 Å². The standard InChI is InChI=1S/C16H22BrNO/c1-12-11-14(9-10-15(12)17)18-16(19)13-7-5-3-2-4-6-8-13/h9-11,13H,2-8H2,1H3,(H,18,19). The average Bonchev–Trinajstić information content (AvgIpc) is 2.33. The van der Waals surface area contributed by atoms with Crippen molar-refractivity contribution < 1.29 is 4.79 Å². The lowest BCUT2D eigenvalue weighted by Gasteiger charge is -2.19. The molecule has 1 aliphatic rings. The molecule has 0 atom stereocenters. The quantitative estimate of drug-likeness (QED) is 0.810. The van der Waals surface area contributed by atoms with Gasteiger partial charge in [0.1, 0.15) is 0 Å². The molecule has 0 unspecified atom stereocenters. The molecule has 1 fully saturated rings. The van der Waals surface area contributed by atoms with Gasteiger partial charge in [-0.05, 0) is 43.5 Å². The maximum Gasteiger partial charge on any atom is 0.227 e. The van der Waals surface area contributed by atoms with E-state index in [9.17, 15) is 4.79 Å². The summed E-state index contributed by atoms with van der Waals surface area (Å²) in [6.45, 7) is 2.04. The summed E-state index contributed by atoms with van der Waals surface area (Å²) in [4.78, 5) is 12.3. The summed E-state index contributed by atoms with van der Waals surface area (Å²) < 4.78 is 1.08. The molecule has 0 aromatic heterocycles. The van der Waals surface area contributed by atoms with Crippen LogP contribution in [0.1, 0.15) is 50.5 Å². The number of aryl methyl sites for hydroxylation is 1. The van der Waals surface area contributed by atoms with Gasteiger partial charge in [-0.3, -0.25) is 4.79 Å². The first-order valence-corrected chi connectivity index (χ1v) is 8.03. The molecular formula is C16H22BrNO. The normalized spacial score (nSPS) is 17.6. The minimum atomic E-state index is 0.198. The zero-order chi connectivity index (χ0) is 13.7. The molecule has 1 aromatic carbocycles. The largest absolute Gasteiger partial charge is 0.326 e. The lowest BCUT2D eigenvalue weighted by Crippen LogP contribution is -2.23. The summed E-state index contributed by atoms with van der Waals surface area (Å²) in [5.41, 5.74) is 2.06. The second-order valence-corrected chi connectivity index (χ2v) is 6.35. The molecule has 104 valence electrons. The number of halogens is 1. The minimum Gasteiger partial charge on any atom is -0.326 e. The fourth-order valence-electron chi connectivity index (χ4n) is 2.69. The Morgan fingerprint density at radius 3 is 2.42 bits per heavy atom. The number of carbonyl (C=O) groups excluding carboxylic acids is 1. The average molecular weight is 324 g/mol. The van der Waals surface area contributed by atoms with E-state index in [1.54, 1.807) is 0 Å². The van der Waals surface area contributed by atoms with Crippen LogP contribution in [0.15, 0.2) is 22.7 Å². The number of rotatable bonds is 2. The first kappa shape index (κ1) is 14.6. The molecule has 1 N–H and O–H groups in total. The van der Waals surface area contributed by atoms with E-state index < -0.39 is 0 Å². The summed E-state index contributed by atoms with van der Waals surface area (Å²) in [5.74, 6) is 0.396. The van der Waals surface area contributed by atoms with Crippen LogP contribution in [0.2, 0.25) is 0 Å². The van der Waals surface area contributed by atoms with Gasteiger partial charge in [0.2, 0.25) is 5.91 Å². The van der Waals surface area contributed by atoms with Crippen LogP contribution in [0.25, 0.3) is 0 Å². The van der Waals surface area contributed by atoms with Crippen LogP contribution in [0.4, 0.5) is 5.69 Å². The van der Waals surface area contributed by atoms with Crippen molar-refractivity contribution in [1.82, 2.24) is 0 Å². The maximum absolute atomic E-state index is 12.3. The summed E-state index contributed by atoms with van der Waals surface area (Å²) in [5, 5.41) is 3.07. The van der Waals surface area contributed by atoms with E-state index in [1.807, 2.05) is 25.1 Å². The zero-order valence-corrected chi connectivity index (χ0v) is 13.1. The number of nitrogens with one attached hydrogen (secondary N) is 1. The Labute approximate surface area is 124 Å². The monoisotopic (exact) mass is 323 g/mol. The Bertz CT molecular complexity index is 436. The smallest absolute Gasteiger partial charge is 0.227 e. The highest BCUT2D eigenvalue weighted by atomic mass is 79.9. The molecule has 0 bridgehead atoms. The second kappa shape index (κ2) is 7.09. The third-order valence-corrected chi connectivity index (χ3v) is 4.79. The molecule has 2 rings (SSSR count). The van der Waals surface area contributed by atoms with Gasteiger partial charge in [0.05, 0.1) is 0 Å². The molecular weight excluding hydrogens is 302 g/mol. The van der Waals surface area contributed by atoms with E-state index in [4.69, 9.17) is 0 Å². The van der Waals surface area contributed by atoms with Gasteiger partial charge < -0.3 is 5.32 Å². The number of hydrogen-bond donors (Lipinski definition) is 1. The second-order valence-electron chi connectivity index (χ2n) is 5.50. The molecule has 19 heavy (non-hydrogen) atoms. The Morgan fingerprint density at radius 2 is 1.79 bits per heavy atom. The Hall–Kier alpha value is -0.830. The molecule has 1 amide bonds. The third kappa shape index (κ3) is 4.34. The molecule has 0 radical (unpaired) electrons. The van der Waals surface area contributed by atoms with Gasteiger partial charge in [-0.1, -0.05) is 48.0 Å². The number of hydrogen-bond acceptors (Lipinski definition) is 1. The van der Waals surface area contributed by atoms with E-state index in [1.165, 1.54) is 32.1 Å². The van der Waals surface area contributed by atoms with Crippen LogP contribution < -0.4 is 5.32 Å². The van der Waals surface area contributed by atoms with Gasteiger partial charge in [-0.15, -0.1) is 0 Å². The zero-order valence-electron chi connectivity index (χ0n) is 11.5. The van der Waals surface area contributed by atoms with E-state index in [0.29, 0.717) is 0 Å². The molecule has 3 heteroatoms. The van der Waals surface area contributed by atoms with Gasteiger partial charge >= 0.3 is 0 Å². The summed E-state index contributed by atoms with van der Waals surface area (Å²) in [6.07, 6.45) is 8.36. The fourth-order valence-corrected chi connectivity index (χ4v) is 2.93. The molecule has 2 nitrogen and oxygen atoms in total. The van der Waals surface area contributed by atoms with Crippen LogP contribution in [0, 0.1) is 12.8 Å². The lowest BCUT2D eigenvalue weighted by molar-refractivity contribution is -0.120. The predicted molar refractivity (Wildman–Crippen MR) is 83.3 cm³/mol. The van der Waals surface area contributed by atoms with Gasteiger partial charge in [-0.25, -0.2) is 0 Å². The van der Waals surface area contributed by atoms with Crippen LogP contribution in [-0.2, 0) is 4.79 Å². The SMILES string of the molecule is Cc1cc(NC(=O)C2CCCCCCC2)ccc1Br. The number of benzene rings is 1. The van der Waals surface area contributed by atoms with Gasteiger partial charge in [0.25, 0.3) is 0 Å². The molecule has 0 spiro atoms. The number of anilines is 1. The van der Waals surface area contributed by atoms with Crippen molar-refractivity contribution in [2.45, 2.75) is 51.9 Å². The first-order chi connectivity index (χ1) is 9.16. The third-order valence-electron chi connectivity index (χ3n) is 3.90. The topological polar surface area (TPSA) is 29.1 Å². The number of amides is 1. The van der Waals surface area contributed by atoms with Crippen molar-refractivity contribution in [1.29, 1.82) is 0 Å². The maximum atomic E-state index is 12.3. The Kier molecular flexibility index (Phi) is 5.44. The highest BCUT2D eigenvalue weighted by molar-refractivity contribution is 9.10. The van der Waals surface area contributed by atoms with Crippen molar-refractivity contribution in [2.75, 3.05) is 5.32 Å². The van der Waals surface area contributed by atoms with Crippen LogP contribution >= 0.6 is 15.9 Å². The van der Waals surface area contributed by atoms with E-state index in [-0.39, 0.29) is 11.8 Å². The van der Waals surface area contributed by atoms with E-state index in [2.05, 4.69) is 21.2 Å². The lowest BCUT2D eigenvalue weighted by atomic mass is 9.90. The Balaban J connectivity index is 1.96. The molecule has 1 aliphatic carbocycles. The molecule has 1 aromatic rings.